The van der Waals surface area contributed by atoms with E-state index in [2.05, 4.69) is 5.32 Å². The number of anilines is 2. The van der Waals surface area contributed by atoms with E-state index in [1.165, 1.54) is 31.4 Å². The van der Waals surface area contributed by atoms with Crippen LogP contribution in [-0.2, 0) is 9.59 Å². The summed E-state index contributed by atoms with van der Waals surface area (Å²) in [6.07, 6.45) is 0.0941. The van der Waals surface area contributed by atoms with Crippen LogP contribution in [0, 0.1) is 16.0 Å². The molecule has 1 atom stereocenters. The summed E-state index contributed by atoms with van der Waals surface area (Å²) in [6, 6.07) is 12.7. The van der Waals surface area contributed by atoms with Crippen molar-refractivity contribution in [2.24, 2.45) is 5.92 Å². The molecule has 1 aliphatic heterocycles. The molecular weight excluding hydrogens is 338 g/mol. The van der Waals surface area contributed by atoms with Gasteiger partial charge in [0.15, 0.2) is 0 Å². The molecule has 0 spiro atoms. The molecule has 0 unspecified atom stereocenters. The monoisotopic (exact) mass is 355 g/mol. The molecular formula is C18H17N3O5. The normalized spacial score (nSPS) is 16.4. The Morgan fingerprint density at radius 1 is 1.23 bits per heavy atom. The molecule has 134 valence electrons. The van der Waals surface area contributed by atoms with Crippen molar-refractivity contribution in [3.8, 4) is 5.75 Å². The van der Waals surface area contributed by atoms with Crippen LogP contribution in [0.25, 0.3) is 0 Å². The number of nitro groups is 1. The van der Waals surface area contributed by atoms with E-state index in [4.69, 9.17) is 4.74 Å². The van der Waals surface area contributed by atoms with E-state index >= 15 is 0 Å². The molecule has 8 heteroatoms. The van der Waals surface area contributed by atoms with Gasteiger partial charge in [-0.05, 0) is 24.3 Å². The molecule has 1 aliphatic rings. The van der Waals surface area contributed by atoms with Gasteiger partial charge >= 0.3 is 0 Å². The lowest BCUT2D eigenvalue weighted by molar-refractivity contribution is -0.384. The van der Waals surface area contributed by atoms with Gasteiger partial charge in [-0.25, -0.2) is 0 Å². The zero-order chi connectivity index (χ0) is 18.7. The second-order valence-electron chi connectivity index (χ2n) is 5.87. The summed E-state index contributed by atoms with van der Waals surface area (Å²) in [6.45, 7) is 0.248. The molecule has 3 rings (SSSR count). The second-order valence-corrected chi connectivity index (χ2v) is 5.87. The van der Waals surface area contributed by atoms with E-state index in [9.17, 15) is 19.7 Å². The zero-order valence-corrected chi connectivity index (χ0v) is 14.0. The van der Waals surface area contributed by atoms with Gasteiger partial charge in [0.1, 0.15) is 5.75 Å². The van der Waals surface area contributed by atoms with Gasteiger partial charge in [0.05, 0.1) is 23.6 Å². The summed E-state index contributed by atoms with van der Waals surface area (Å²) in [5, 5.41) is 13.4. The summed E-state index contributed by atoms with van der Waals surface area (Å²) < 4.78 is 5.28. The summed E-state index contributed by atoms with van der Waals surface area (Å²) in [4.78, 5) is 36.5. The van der Waals surface area contributed by atoms with Gasteiger partial charge in [-0.15, -0.1) is 0 Å². The molecule has 2 aromatic carbocycles. The highest BCUT2D eigenvalue weighted by Gasteiger charge is 2.36. The Kier molecular flexibility index (Phi) is 4.83. The zero-order valence-electron chi connectivity index (χ0n) is 14.0. The molecule has 1 heterocycles. The highest BCUT2D eigenvalue weighted by molar-refractivity contribution is 6.04. The number of hydrogen-bond donors (Lipinski definition) is 1. The van der Waals surface area contributed by atoms with Crippen molar-refractivity contribution in [3.05, 3.63) is 58.6 Å². The van der Waals surface area contributed by atoms with Crippen LogP contribution in [0.4, 0.5) is 17.1 Å². The average Bonchev–Trinajstić information content (AvgIpc) is 3.04. The van der Waals surface area contributed by atoms with E-state index in [-0.39, 0.29) is 30.5 Å². The number of nitro benzene ring substituents is 1. The van der Waals surface area contributed by atoms with Crippen LogP contribution < -0.4 is 15.0 Å². The molecule has 0 aromatic heterocycles. The highest BCUT2D eigenvalue weighted by Crippen LogP contribution is 2.33. The van der Waals surface area contributed by atoms with Gasteiger partial charge in [0, 0.05) is 30.8 Å². The SMILES string of the molecule is COc1ccccc1N1C[C@H](C(=O)Nc2ccc([N+](=O)[O-])cc2)CC1=O. The van der Waals surface area contributed by atoms with Gasteiger partial charge in [-0.2, -0.15) is 0 Å². The van der Waals surface area contributed by atoms with E-state index in [1.54, 1.807) is 23.1 Å². The van der Waals surface area contributed by atoms with Crippen molar-refractivity contribution in [1.82, 2.24) is 0 Å². The van der Waals surface area contributed by atoms with Crippen molar-refractivity contribution in [2.45, 2.75) is 6.42 Å². The molecule has 2 amide bonds. The third-order valence-electron chi connectivity index (χ3n) is 4.22. The Balaban J connectivity index is 1.70. The number of para-hydroxylation sites is 2. The highest BCUT2D eigenvalue weighted by atomic mass is 16.6. The number of rotatable bonds is 5. The van der Waals surface area contributed by atoms with Crippen LogP contribution in [-0.4, -0.2) is 30.4 Å². The standard InChI is InChI=1S/C18H17N3O5/c1-26-16-5-3-2-4-15(16)20-11-12(10-17(20)22)18(23)19-13-6-8-14(9-7-13)21(24)25/h2-9,12H,10-11H2,1H3,(H,19,23)/t12-/m1/s1. The van der Waals surface area contributed by atoms with Crippen LogP contribution in [0.3, 0.4) is 0 Å². The van der Waals surface area contributed by atoms with Crippen LogP contribution in [0.2, 0.25) is 0 Å². The summed E-state index contributed by atoms with van der Waals surface area (Å²) in [5.41, 5.74) is 1.02. The number of hydrogen-bond acceptors (Lipinski definition) is 5. The lowest BCUT2D eigenvalue weighted by Gasteiger charge is -2.19. The molecule has 1 fully saturated rings. The first kappa shape index (κ1) is 17.4. The molecule has 26 heavy (non-hydrogen) atoms. The van der Waals surface area contributed by atoms with Crippen LogP contribution in [0.15, 0.2) is 48.5 Å². The minimum atomic E-state index is -0.511. The molecule has 0 radical (unpaired) electrons. The predicted molar refractivity (Wildman–Crippen MR) is 95.2 cm³/mol. The lowest BCUT2D eigenvalue weighted by Crippen LogP contribution is -2.28. The first-order valence-corrected chi connectivity index (χ1v) is 7.98. The second kappa shape index (κ2) is 7.22. The van der Waals surface area contributed by atoms with Gasteiger partial charge < -0.3 is 15.0 Å². The van der Waals surface area contributed by atoms with Crippen molar-refractivity contribution in [2.75, 3.05) is 23.9 Å². The Morgan fingerprint density at radius 2 is 1.92 bits per heavy atom. The number of methoxy groups -OCH3 is 1. The number of amides is 2. The smallest absolute Gasteiger partial charge is 0.269 e. The molecule has 8 nitrogen and oxygen atoms in total. The lowest BCUT2D eigenvalue weighted by atomic mass is 10.1. The molecule has 2 aromatic rings. The summed E-state index contributed by atoms with van der Waals surface area (Å²) in [7, 11) is 1.53. The third kappa shape index (κ3) is 3.49. The van der Waals surface area contributed by atoms with Crippen LogP contribution >= 0.6 is 0 Å². The van der Waals surface area contributed by atoms with E-state index in [0.717, 1.165) is 0 Å². The van der Waals surface area contributed by atoms with E-state index in [0.29, 0.717) is 17.1 Å². The molecule has 0 aliphatic carbocycles. The fraction of sp³-hybridized carbons (Fsp3) is 0.222. The molecule has 1 saturated heterocycles. The maximum atomic E-state index is 12.5. The maximum Gasteiger partial charge on any atom is 0.269 e. The first-order chi connectivity index (χ1) is 12.5. The van der Waals surface area contributed by atoms with Crippen LogP contribution in [0.1, 0.15) is 6.42 Å². The summed E-state index contributed by atoms with van der Waals surface area (Å²) >= 11 is 0. The third-order valence-corrected chi connectivity index (χ3v) is 4.22. The minimum absolute atomic E-state index is 0.0543. The largest absolute Gasteiger partial charge is 0.495 e. The van der Waals surface area contributed by atoms with Crippen molar-refractivity contribution in [1.29, 1.82) is 0 Å². The Labute approximate surface area is 149 Å². The van der Waals surface area contributed by atoms with Crippen LogP contribution in [0.5, 0.6) is 5.75 Å². The molecule has 0 saturated carbocycles. The van der Waals surface area contributed by atoms with Gasteiger partial charge in [-0.3, -0.25) is 19.7 Å². The van der Waals surface area contributed by atoms with Gasteiger partial charge in [0.2, 0.25) is 11.8 Å². The van der Waals surface area contributed by atoms with E-state index < -0.39 is 10.8 Å². The average molecular weight is 355 g/mol. The molecule has 1 N–H and O–H groups in total. The Hall–Kier alpha value is -3.42. The molecule has 0 bridgehead atoms. The van der Waals surface area contributed by atoms with Crippen molar-refractivity contribution in [3.63, 3.8) is 0 Å². The Morgan fingerprint density at radius 3 is 2.58 bits per heavy atom. The predicted octanol–water partition coefficient (Wildman–Crippen LogP) is 2.60. The topological polar surface area (TPSA) is 102 Å². The number of carbonyl (C=O) groups is 2. The van der Waals surface area contributed by atoms with Crippen molar-refractivity contribution >= 4 is 28.9 Å². The number of nitrogens with zero attached hydrogens (tertiary/aromatic N) is 2. The minimum Gasteiger partial charge on any atom is -0.495 e. The Bertz CT molecular complexity index is 850. The fourth-order valence-corrected chi connectivity index (χ4v) is 2.88. The first-order valence-electron chi connectivity index (χ1n) is 7.98. The summed E-state index contributed by atoms with van der Waals surface area (Å²) in [5.74, 6) is -0.400. The quantitative estimate of drug-likeness (QED) is 0.656. The number of ether oxygens (including phenoxy) is 1. The number of carbonyl (C=O) groups excluding carboxylic acids is 2. The number of non-ortho nitro benzene ring substituents is 1. The maximum absolute atomic E-state index is 12.5. The fourth-order valence-electron chi connectivity index (χ4n) is 2.88. The number of benzene rings is 2. The van der Waals surface area contributed by atoms with Crippen molar-refractivity contribution < 1.29 is 19.2 Å². The van der Waals surface area contributed by atoms with Gasteiger partial charge in [-0.1, -0.05) is 12.1 Å². The van der Waals surface area contributed by atoms with Gasteiger partial charge in [0.25, 0.3) is 5.69 Å². The van der Waals surface area contributed by atoms with E-state index in [1.807, 2.05) is 6.07 Å². The number of nitrogens with one attached hydrogen (secondary N) is 1.